The van der Waals surface area contributed by atoms with Gasteiger partial charge in [0.05, 0.1) is 6.04 Å². The molecule has 1 fully saturated rings. The maximum atomic E-state index is 12.8. The Balaban J connectivity index is 2.07. The van der Waals surface area contributed by atoms with Crippen LogP contribution in [-0.2, 0) is 20.8 Å². The van der Waals surface area contributed by atoms with E-state index in [-0.39, 0.29) is 6.42 Å². The van der Waals surface area contributed by atoms with Gasteiger partial charge in [-0.1, -0.05) is 30.3 Å². The summed E-state index contributed by atoms with van der Waals surface area (Å²) in [5.74, 6) is -2.86. The van der Waals surface area contributed by atoms with E-state index in [4.69, 9.17) is 5.73 Å². The predicted octanol–water partition coefficient (Wildman–Crippen LogP) is -1.99. The Kier molecular flexibility index (Phi) is 7.96. The lowest BCUT2D eigenvalue weighted by atomic mass is 9.67. The highest BCUT2D eigenvalue weighted by molar-refractivity contribution is 6.58. The van der Waals surface area contributed by atoms with Gasteiger partial charge in [0.2, 0.25) is 17.7 Å². The Morgan fingerprint density at radius 2 is 1.80 bits per heavy atom. The number of hydrogen-bond acceptors (Lipinski definition) is 7. The molecule has 3 amide bonds. The van der Waals surface area contributed by atoms with Crippen LogP contribution in [0.2, 0.25) is 0 Å². The zero-order valence-electron chi connectivity index (χ0n) is 17.2. The van der Waals surface area contributed by atoms with E-state index in [1.54, 1.807) is 30.3 Å². The summed E-state index contributed by atoms with van der Waals surface area (Å²) in [6, 6.07) is 6.28. The lowest BCUT2D eigenvalue weighted by molar-refractivity contribution is -0.141. The minimum Gasteiger partial charge on any atom is -0.558 e. The zero-order chi connectivity index (χ0) is 22.5. The van der Waals surface area contributed by atoms with Crippen LogP contribution in [0.5, 0.6) is 0 Å². The fourth-order valence-corrected chi connectivity index (χ4v) is 3.43. The Hall–Kier alpha value is -2.47. The highest BCUT2D eigenvalue weighted by Gasteiger charge is 2.39. The summed E-state index contributed by atoms with van der Waals surface area (Å²) in [4.78, 5) is 38.7. The van der Waals surface area contributed by atoms with Crippen LogP contribution in [0.25, 0.3) is 0 Å². The fourth-order valence-electron chi connectivity index (χ4n) is 3.43. The summed E-state index contributed by atoms with van der Waals surface area (Å²) < 4.78 is 0. The van der Waals surface area contributed by atoms with Crippen molar-refractivity contribution in [3.05, 3.63) is 35.9 Å². The van der Waals surface area contributed by atoms with Gasteiger partial charge in [-0.25, -0.2) is 0 Å². The van der Waals surface area contributed by atoms with Crippen LogP contribution >= 0.6 is 0 Å². The normalized spacial score (nSPS) is 19.7. The number of nitrogens with zero attached hydrogens (tertiary/aromatic N) is 1. The van der Waals surface area contributed by atoms with Crippen molar-refractivity contribution in [1.29, 1.82) is 0 Å². The molecule has 30 heavy (non-hydrogen) atoms. The Morgan fingerprint density at radius 3 is 2.37 bits per heavy atom. The summed E-state index contributed by atoms with van der Waals surface area (Å²) in [6.07, 6.45) is 0.957. The third-order valence-corrected chi connectivity index (χ3v) is 5.15. The van der Waals surface area contributed by atoms with Crippen LogP contribution in [0.3, 0.4) is 0 Å². The molecule has 0 unspecified atom stereocenters. The van der Waals surface area contributed by atoms with Gasteiger partial charge in [0, 0.05) is 6.54 Å². The van der Waals surface area contributed by atoms with Crippen molar-refractivity contribution < 1.29 is 29.5 Å². The molecule has 0 spiro atoms. The van der Waals surface area contributed by atoms with E-state index in [0.717, 1.165) is 0 Å². The van der Waals surface area contributed by atoms with Crippen molar-refractivity contribution in [1.82, 2.24) is 15.5 Å². The highest BCUT2D eigenvalue weighted by atomic mass is 16.5. The number of amides is 3. The van der Waals surface area contributed by atoms with Crippen LogP contribution in [-0.4, -0.2) is 75.1 Å². The fraction of sp³-hybridized carbons (Fsp3) is 0.526. The SMILES string of the molecule is C[C@H](N)C(=O)N[C@@H](C)C(=O)N1CCC[C@H]1C(=O)N[C@@H](Cc1ccccc1)[B-](O)(O)O. The quantitative estimate of drug-likeness (QED) is 0.265. The molecular weight excluding hydrogens is 391 g/mol. The average Bonchev–Trinajstić information content (AvgIpc) is 3.16. The van der Waals surface area contributed by atoms with E-state index in [2.05, 4.69) is 10.6 Å². The lowest BCUT2D eigenvalue weighted by Crippen LogP contribution is -2.62. The van der Waals surface area contributed by atoms with Gasteiger partial charge in [0.1, 0.15) is 12.1 Å². The number of rotatable bonds is 8. The summed E-state index contributed by atoms with van der Waals surface area (Å²) in [5, 5.41) is 34.3. The second-order valence-corrected chi connectivity index (χ2v) is 7.81. The molecule has 7 N–H and O–H groups in total. The van der Waals surface area contributed by atoms with E-state index in [9.17, 15) is 29.5 Å². The minimum absolute atomic E-state index is 0.00239. The molecule has 1 heterocycles. The predicted molar refractivity (Wildman–Crippen MR) is 110 cm³/mol. The Bertz CT molecular complexity index is 755. The summed E-state index contributed by atoms with van der Waals surface area (Å²) in [5.41, 5.74) is 6.19. The zero-order valence-corrected chi connectivity index (χ0v) is 17.2. The van der Waals surface area contributed by atoms with Gasteiger partial charge in [-0.3, -0.25) is 14.4 Å². The van der Waals surface area contributed by atoms with Crippen LogP contribution < -0.4 is 16.4 Å². The number of hydrogen-bond donors (Lipinski definition) is 6. The molecule has 1 aromatic carbocycles. The Labute approximate surface area is 175 Å². The standard InChI is InChI=1S/C19H30BN4O6/c1-12(21)17(25)22-13(2)19(27)24-10-6-9-15(24)18(26)23-16(20(28,29)30)11-14-7-4-3-5-8-14/h3-5,7-8,12-13,15-16,28-30H,6,9-11,21H2,1-2H3,(H,22,25)(H,23,26)/q-1/t12-,13-,15-,16-/m0/s1. The maximum absolute atomic E-state index is 12.8. The molecule has 0 saturated carbocycles. The molecule has 0 radical (unpaired) electrons. The first-order valence-corrected chi connectivity index (χ1v) is 10.0. The largest absolute Gasteiger partial charge is 0.558 e. The molecule has 0 aliphatic carbocycles. The number of nitrogens with two attached hydrogens (primary N) is 1. The minimum atomic E-state index is -3.84. The van der Waals surface area contributed by atoms with Crippen molar-refractivity contribution in [2.45, 2.75) is 57.2 Å². The van der Waals surface area contributed by atoms with E-state index in [0.29, 0.717) is 24.9 Å². The average molecular weight is 421 g/mol. The molecule has 1 aliphatic heterocycles. The molecule has 11 heteroatoms. The topological polar surface area (TPSA) is 165 Å². The first-order valence-electron chi connectivity index (χ1n) is 10.0. The molecule has 0 aromatic heterocycles. The van der Waals surface area contributed by atoms with Gasteiger partial charge < -0.3 is 36.3 Å². The van der Waals surface area contributed by atoms with Crippen LogP contribution in [0.15, 0.2) is 30.3 Å². The van der Waals surface area contributed by atoms with Crippen LogP contribution in [0, 0.1) is 0 Å². The van der Waals surface area contributed by atoms with Crippen molar-refractivity contribution in [2.24, 2.45) is 5.73 Å². The van der Waals surface area contributed by atoms with Crippen molar-refractivity contribution >= 4 is 24.5 Å². The smallest absolute Gasteiger partial charge is 0.394 e. The first-order chi connectivity index (χ1) is 14.0. The number of likely N-dealkylation sites (tertiary alicyclic amines) is 1. The van der Waals surface area contributed by atoms with Gasteiger partial charge in [0.15, 0.2) is 0 Å². The number of carbonyl (C=O) groups excluding carboxylic acids is 3. The van der Waals surface area contributed by atoms with Gasteiger partial charge >= 0.3 is 6.75 Å². The second kappa shape index (κ2) is 10.0. The van der Waals surface area contributed by atoms with E-state index in [1.165, 1.54) is 18.7 Å². The van der Waals surface area contributed by atoms with Crippen LogP contribution in [0.1, 0.15) is 32.3 Å². The molecular formula is C19H30BN4O6-. The Morgan fingerprint density at radius 1 is 1.17 bits per heavy atom. The third-order valence-electron chi connectivity index (χ3n) is 5.15. The van der Waals surface area contributed by atoms with Gasteiger partial charge in [0.25, 0.3) is 0 Å². The van der Waals surface area contributed by atoms with Crippen molar-refractivity contribution in [3.63, 3.8) is 0 Å². The number of carbonyl (C=O) groups is 3. The molecule has 2 rings (SSSR count). The van der Waals surface area contributed by atoms with Crippen molar-refractivity contribution in [2.75, 3.05) is 6.54 Å². The molecule has 10 nitrogen and oxygen atoms in total. The van der Waals surface area contributed by atoms with Gasteiger partial charge in [-0.15, -0.1) is 0 Å². The summed E-state index contributed by atoms with van der Waals surface area (Å²) in [6.45, 7) is -0.505. The number of nitrogens with one attached hydrogen (secondary N) is 2. The molecule has 4 atom stereocenters. The highest BCUT2D eigenvalue weighted by Crippen LogP contribution is 2.19. The first kappa shape index (κ1) is 23.8. The molecule has 166 valence electrons. The maximum Gasteiger partial charge on any atom is 0.394 e. The van der Waals surface area contributed by atoms with E-state index in [1.807, 2.05) is 0 Å². The molecule has 1 aromatic rings. The lowest BCUT2D eigenvalue weighted by Gasteiger charge is -2.35. The van der Waals surface area contributed by atoms with E-state index < -0.39 is 48.5 Å². The summed E-state index contributed by atoms with van der Waals surface area (Å²) >= 11 is 0. The van der Waals surface area contributed by atoms with Gasteiger partial charge in [-0.2, -0.15) is 0 Å². The molecule has 0 bridgehead atoms. The monoisotopic (exact) mass is 421 g/mol. The van der Waals surface area contributed by atoms with Crippen LogP contribution in [0.4, 0.5) is 0 Å². The van der Waals surface area contributed by atoms with Gasteiger partial charge in [-0.05, 0) is 44.6 Å². The third kappa shape index (κ3) is 6.26. The number of benzene rings is 1. The molecule has 1 aliphatic rings. The second-order valence-electron chi connectivity index (χ2n) is 7.81. The van der Waals surface area contributed by atoms with E-state index >= 15 is 0 Å². The summed E-state index contributed by atoms with van der Waals surface area (Å²) in [7, 11) is 0. The molecule has 1 saturated heterocycles. The van der Waals surface area contributed by atoms with Crippen molar-refractivity contribution in [3.8, 4) is 0 Å².